The minimum atomic E-state index is -1.08. The summed E-state index contributed by atoms with van der Waals surface area (Å²) in [5.74, 6) is -4.52. The second kappa shape index (κ2) is 13.6. The molecule has 3 rings (SSSR count). The Morgan fingerprint density at radius 3 is 2.17 bits per heavy atom. The van der Waals surface area contributed by atoms with Crippen LogP contribution in [-0.2, 0) is 28.8 Å². The fourth-order valence-corrected chi connectivity index (χ4v) is 6.54. The minimum absolute atomic E-state index is 0.0837. The van der Waals surface area contributed by atoms with E-state index in [0.717, 1.165) is 32.1 Å². The number of nitrogens with zero attached hydrogens (tertiary/aromatic N) is 1. The van der Waals surface area contributed by atoms with E-state index in [0.29, 0.717) is 13.0 Å². The molecule has 1 heterocycles. The highest BCUT2D eigenvalue weighted by Gasteiger charge is 2.69. The van der Waals surface area contributed by atoms with Crippen LogP contribution in [0.15, 0.2) is 25.3 Å². The van der Waals surface area contributed by atoms with Crippen molar-refractivity contribution in [3.63, 3.8) is 0 Å². The van der Waals surface area contributed by atoms with E-state index in [4.69, 9.17) is 0 Å². The number of hydrogen-bond donors (Lipinski definition) is 3. The molecule has 10 nitrogen and oxygen atoms in total. The average molecular weight is 571 g/mol. The first-order chi connectivity index (χ1) is 19.4. The molecule has 2 aliphatic carbocycles. The van der Waals surface area contributed by atoms with Gasteiger partial charge in [0.15, 0.2) is 0 Å². The lowest BCUT2D eigenvalue weighted by Crippen LogP contribution is -2.60. The van der Waals surface area contributed by atoms with Crippen molar-refractivity contribution in [2.45, 2.75) is 90.8 Å². The van der Waals surface area contributed by atoms with Crippen LogP contribution in [0.2, 0.25) is 0 Å². The number of carbonyl (C=O) groups is 6. The van der Waals surface area contributed by atoms with Crippen LogP contribution in [0.3, 0.4) is 0 Å². The molecule has 5 atom stereocenters. The maximum absolute atomic E-state index is 14.1. The van der Waals surface area contributed by atoms with E-state index in [1.165, 1.54) is 11.0 Å². The molecule has 3 fully saturated rings. The molecular formula is C31H46N4O6. The first kappa shape index (κ1) is 32.2. The van der Waals surface area contributed by atoms with Gasteiger partial charge in [0.25, 0.3) is 11.8 Å². The Labute approximate surface area is 243 Å². The molecule has 0 radical (unpaired) electrons. The first-order valence-electron chi connectivity index (χ1n) is 14.9. The average Bonchev–Trinajstić information content (AvgIpc) is 3.26. The van der Waals surface area contributed by atoms with Gasteiger partial charge in [-0.1, -0.05) is 59.1 Å². The summed E-state index contributed by atoms with van der Waals surface area (Å²) in [4.78, 5) is 80.1. The van der Waals surface area contributed by atoms with Gasteiger partial charge in [0.05, 0.1) is 6.04 Å². The van der Waals surface area contributed by atoms with E-state index in [-0.39, 0.29) is 42.0 Å². The van der Waals surface area contributed by atoms with E-state index in [1.54, 1.807) is 19.9 Å². The molecule has 3 aliphatic rings. The summed E-state index contributed by atoms with van der Waals surface area (Å²) >= 11 is 0. The summed E-state index contributed by atoms with van der Waals surface area (Å²) in [5.41, 5.74) is -0.183. The summed E-state index contributed by atoms with van der Waals surface area (Å²) in [6, 6.07) is -2.86. The van der Waals surface area contributed by atoms with Crippen molar-refractivity contribution in [2.24, 2.45) is 29.1 Å². The minimum Gasteiger partial charge on any atom is -0.346 e. The van der Waals surface area contributed by atoms with Crippen LogP contribution in [0.5, 0.6) is 0 Å². The maximum atomic E-state index is 14.1. The number of carbonyl (C=O) groups excluding carboxylic acids is 6. The first-order valence-corrected chi connectivity index (χ1v) is 14.9. The van der Waals surface area contributed by atoms with Gasteiger partial charge in [-0.25, -0.2) is 0 Å². The fraction of sp³-hybridized carbons (Fsp3) is 0.677. The van der Waals surface area contributed by atoms with Crippen molar-refractivity contribution in [1.82, 2.24) is 20.9 Å². The van der Waals surface area contributed by atoms with E-state index in [9.17, 15) is 28.8 Å². The number of hydrogen-bond acceptors (Lipinski definition) is 6. The van der Waals surface area contributed by atoms with Crippen molar-refractivity contribution in [1.29, 1.82) is 0 Å². The van der Waals surface area contributed by atoms with Gasteiger partial charge >= 0.3 is 0 Å². The van der Waals surface area contributed by atoms with Crippen molar-refractivity contribution in [3.05, 3.63) is 25.3 Å². The zero-order valence-electron chi connectivity index (χ0n) is 24.9. The van der Waals surface area contributed by atoms with E-state index in [2.05, 4.69) is 43.0 Å². The molecule has 1 saturated heterocycles. The number of ketones is 2. The molecule has 2 saturated carbocycles. The molecular weight excluding hydrogens is 524 g/mol. The van der Waals surface area contributed by atoms with Gasteiger partial charge in [-0.2, -0.15) is 0 Å². The Morgan fingerprint density at radius 1 is 0.927 bits per heavy atom. The topological polar surface area (TPSA) is 142 Å². The van der Waals surface area contributed by atoms with Crippen LogP contribution in [-0.4, -0.2) is 71.3 Å². The van der Waals surface area contributed by atoms with Gasteiger partial charge in [0.1, 0.15) is 12.1 Å². The molecule has 226 valence electrons. The van der Waals surface area contributed by atoms with Gasteiger partial charge < -0.3 is 20.9 Å². The molecule has 10 heteroatoms. The Hall–Kier alpha value is -3.30. The van der Waals surface area contributed by atoms with Gasteiger partial charge in [-0.05, 0) is 48.9 Å². The normalized spacial score (nSPS) is 24.4. The van der Waals surface area contributed by atoms with Crippen LogP contribution in [0.4, 0.5) is 0 Å². The van der Waals surface area contributed by atoms with Crippen molar-refractivity contribution in [3.8, 4) is 0 Å². The standard InChI is InChI=1S/C31H46N4O6/c1-7-9-15-21(26(37)28(39)32-16-8-2)33-27(38)24-22-20(31(22,5)6)17-35(24)30(41)23(19-13-11-10-12-14-19)34-29(40)25(36)18(3)4/h7-8,18-24H,1-2,9-17H2,3-6H3,(H,32,39)(H,33,38)(H,34,40)/t20?,21?,22?,23-,24-/m0/s1. The third-order valence-electron chi connectivity index (χ3n) is 9.11. The van der Waals surface area contributed by atoms with Crippen LogP contribution in [0.1, 0.15) is 72.6 Å². The third-order valence-corrected chi connectivity index (χ3v) is 9.11. The van der Waals surface area contributed by atoms with Crippen LogP contribution in [0.25, 0.3) is 0 Å². The maximum Gasteiger partial charge on any atom is 0.289 e. The fourth-order valence-electron chi connectivity index (χ4n) is 6.54. The second-order valence-electron chi connectivity index (χ2n) is 12.5. The lowest BCUT2D eigenvalue weighted by Gasteiger charge is -2.37. The Morgan fingerprint density at radius 2 is 1.59 bits per heavy atom. The van der Waals surface area contributed by atoms with Gasteiger partial charge in [-0.15, -0.1) is 13.2 Å². The largest absolute Gasteiger partial charge is 0.346 e. The molecule has 3 N–H and O–H groups in total. The predicted octanol–water partition coefficient (Wildman–Crippen LogP) is 2.08. The van der Waals surface area contributed by atoms with Crippen molar-refractivity contribution in [2.75, 3.05) is 13.1 Å². The molecule has 0 spiro atoms. The van der Waals surface area contributed by atoms with Crippen LogP contribution in [0, 0.1) is 29.1 Å². The summed E-state index contributed by atoms with van der Waals surface area (Å²) < 4.78 is 0. The van der Waals surface area contributed by atoms with Crippen molar-refractivity contribution >= 4 is 35.2 Å². The van der Waals surface area contributed by atoms with Gasteiger partial charge in [0.2, 0.25) is 23.4 Å². The molecule has 0 aromatic rings. The zero-order chi connectivity index (χ0) is 30.5. The Kier molecular flexibility index (Phi) is 10.7. The molecule has 1 aliphatic heterocycles. The number of nitrogens with one attached hydrogen (secondary N) is 3. The number of fused-ring (bicyclic) bond motifs is 1. The quantitative estimate of drug-likeness (QED) is 0.216. The van der Waals surface area contributed by atoms with Gasteiger partial charge in [-0.3, -0.25) is 28.8 Å². The smallest absolute Gasteiger partial charge is 0.289 e. The lowest BCUT2D eigenvalue weighted by atomic mass is 9.82. The van der Waals surface area contributed by atoms with Crippen molar-refractivity contribution < 1.29 is 28.8 Å². The van der Waals surface area contributed by atoms with E-state index in [1.807, 2.05) is 0 Å². The Bertz CT molecular complexity index is 1080. The lowest BCUT2D eigenvalue weighted by molar-refractivity contribution is -0.147. The summed E-state index contributed by atoms with van der Waals surface area (Å²) in [5, 5.41) is 7.96. The SMILES string of the molecule is C=CCCC(NC(=O)[C@@H]1C2C(CN1C(=O)[C@@H](NC(=O)C(=O)C(C)C)C1CCCCC1)C2(C)C)C(=O)C(=O)NCC=C. The third kappa shape index (κ3) is 7.13. The van der Waals surface area contributed by atoms with Crippen LogP contribution < -0.4 is 16.0 Å². The monoisotopic (exact) mass is 570 g/mol. The molecule has 41 heavy (non-hydrogen) atoms. The van der Waals surface area contributed by atoms with E-state index >= 15 is 0 Å². The molecule has 3 unspecified atom stereocenters. The van der Waals surface area contributed by atoms with Crippen LogP contribution >= 0.6 is 0 Å². The molecule has 0 aromatic carbocycles. The predicted molar refractivity (Wildman–Crippen MR) is 154 cm³/mol. The molecule has 0 aromatic heterocycles. The highest BCUT2D eigenvalue weighted by molar-refractivity contribution is 6.38. The highest BCUT2D eigenvalue weighted by atomic mass is 16.2. The molecule has 4 amide bonds. The second-order valence-corrected chi connectivity index (χ2v) is 12.5. The summed E-state index contributed by atoms with van der Waals surface area (Å²) in [6.45, 7) is 15.0. The number of rotatable bonds is 14. The number of allylic oxidation sites excluding steroid dienone is 1. The zero-order valence-corrected chi connectivity index (χ0v) is 24.9. The highest BCUT2D eigenvalue weighted by Crippen LogP contribution is 2.65. The number of likely N-dealkylation sites (tertiary alicyclic amines) is 1. The summed E-state index contributed by atoms with van der Waals surface area (Å²) in [6.07, 6.45) is 8.02. The van der Waals surface area contributed by atoms with E-state index < -0.39 is 53.3 Å². The number of Topliss-reactive ketones (excluding diaryl/α,β-unsaturated/α-hetero) is 2. The molecule has 0 bridgehead atoms. The Balaban J connectivity index is 1.86. The van der Waals surface area contributed by atoms with Gasteiger partial charge in [0, 0.05) is 19.0 Å². The number of amides is 4. The summed E-state index contributed by atoms with van der Waals surface area (Å²) in [7, 11) is 0. The number of piperidine rings is 1.